The molecule has 0 atom stereocenters. The Morgan fingerprint density at radius 2 is 1.95 bits per heavy atom. The van der Waals surface area contributed by atoms with E-state index in [0.29, 0.717) is 24.3 Å². The molecule has 1 aliphatic rings. The van der Waals surface area contributed by atoms with Gasteiger partial charge in [0.2, 0.25) is 0 Å². The van der Waals surface area contributed by atoms with E-state index in [1.807, 2.05) is 12.1 Å². The van der Waals surface area contributed by atoms with Gasteiger partial charge in [-0.1, -0.05) is 0 Å². The van der Waals surface area contributed by atoms with Gasteiger partial charge in [0, 0.05) is 11.3 Å². The molecule has 0 unspecified atom stereocenters. The lowest BCUT2D eigenvalue weighted by molar-refractivity contribution is -0.133. The quantitative estimate of drug-likeness (QED) is 0.900. The molecule has 0 aliphatic heterocycles. The second-order valence-electron chi connectivity index (χ2n) is 5.14. The van der Waals surface area contributed by atoms with Gasteiger partial charge in [-0.3, -0.25) is 4.79 Å². The van der Waals surface area contributed by atoms with Crippen molar-refractivity contribution in [2.45, 2.75) is 31.3 Å². The van der Waals surface area contributed by atoms with Crippen LogP contribution in [0.3, 0.4) is 0 Å². The van der Waals surface area contributed by atoms with Crippen molar-refractivity contribution >= 4 is 11.6 Å². The Morgan fingerprint density at radius 3 is 2.55 bits per heavy atom. The van der Waals surface area contributed by atoms with Crippen molar-refractivity contribution in [3.05, 3.63) is 36.9 Å². The van der Waals surface area contributed by atoms with Crippen molar-refractivity contribution in [1.82, 2.24) is 4.98 Å². The molecule has 5 heteroatoms. The fourth-order valence-electron chi connectivity index (χ4n) is 2.51. The molecule has 1 aliphatic carbocycles. The van der Waals surface area contributed by atoms with Gasteiger partial charge in [-0.15, -0.1) is 0 Å². The molecular weight excluding hydrogens is 256 g/mol. The lowest BCUT2D eigenvalue weighted by atomic mass is 10.0. The maximum absolute atomic E-state index is 12.1. The van der Waals surface area contributed by atoms with Crippen LogP contribution in [-0.4, -0.2) is 21.6 Å². The lowest BCUT2D eigenvalue weighted by Crippen LogP contribution is -2.40. The van der Waals surface area contributed by atoms with E-state index >= 15 is 0 Å². The van der Waals surface area contributed by atoms with Crippen molar-refractivity contribution in [2.24, 2.45) is 0 Å². The van der Waals surface area contributed by atoms with Crippen LogP contribution in [0.25, 0.3) is 11.3 Å². The maximum Gasteiger partial charge on any atom is 0.256 e. The molecule has 20 heavy (non-hydrogen) atoms. The van der Waals surface area contributed by atoms with Gasteiger partial charge < -0.3 is 14.8 Å². The molecule has 2 aromatic rings. The molecule has 1 aromatic heterocycles. The number of oxazole rings is 1. The van der Waals surface area contributed by atoms with Gasteiger partial charge in [-0.2, -0.15) is 0 Å². The Hall–Kier alpha value is -2.14. The molecule has 1 saturated carbocycles. The Labute approximate surface area is 116 Å². The molecular formula is C15H16N2O3. The topological polar surface area (TPSA) is 75.4 Å². The first-order valence-corrected chi connectivity index (χ1v) is 6.70. The number of nitrogens with one attached hydrogen (secondary N) is 1. The number of rotatable bonds is 3. The third kappa shape index (κ3) is 2.44. The van der Waals surface area contributed by atoms with Crippen LogP contribution in [0.4, 0.5) is 5.69 Å². The van der Waals surface area contributed by atoms with Crippen LogP contribution in [0.1, 0.15) is 25.7 Å². The number of amides is 1. The average Bonchev–Trinajstić information content (AvgIpc) is 3.11. The Kier molecular flexibility index (Phi) is 3.28. The fraction of sp³-hybridized carbons (Fsp3) is 0.333. The highest BCUT2D eigenvalue weighted by Gasteiger charge is 2.38. The fourth-order valence-corrected chi connectivity index (χ4v) is 2.51. The molecule has 104 valence electrons. The molecule has 2 N–H and O–H groups in total. The minimum absolute atomic E-state index is 0.317. The predicted octanol–water partition coefficient (Wildman–Crippen LogP) is 2.59. The highest BCUT2D eigenvalue weighted by Crippen LogP contribution is 2.30. The van der Waals surface area contributed by atoms with Crippen molar-refractivity contribution in [3.8, 4) is 11.3 Å². The summed E-state index contributed by atoms with van der Waals surface area (Å²) in [4.78, 5) is 15.9. The number of carbonyl (C=O) groups excluding carboxylic acids is 1. The number of nitrogens with zero attached hydrogens (tertiary/aromatic N) is 1. The summed E-state index contributed by atoms with van der Waals surface area (Å²) in [6.45, 7) is 0. The monoisotopic (exact) mass is 272 g/mol. The minimum Gasteiger partial charge on any atom is -0.444 e. The molecule has 1 heterocycles. The van der Waals surface area contributed by atoms with Crippen LogP contribution in [0.5, 0.6) is 0 Å². The molecule has 0 saturated heterocycles. The van der Waals surface area contributed by atoms with E-state index in [-0.39, 0.29) is 5.91 Å². The molecule has 1 amide bonds. The summed E-state index contributed by atoms with van der Waals surface area (Å²) in [6.07, 6.45) is 5.88. The zero-order valence-electron chi connectivity index (χ0n) is 11.0. The normalized spacial score (nSPS) is 17.1. The second kappa shape index (κ2) is 5.09. The summed E-state index contributed by atoms with van der Waals surface area (Å²) in [7, 11) is 0. The minimum atomic E-state index is -1.20. The lowest BCUT2D eigenvalue weighted by Gasteiger charge is -2.20. The number of aromatic nitrogens is 1. The van der Waals surface area contributed by atoms with E-state index in [9.17, 15) is 9.90 Å². The van der Waals surface area contributed by atoms with E-state index < -0.39 is 5.60 Å². The van der Waals surface area contributed by atoms with Gasteiger partial charge in [-0.05, 0) is 49.9 Å². The average molecular weight is 272 g/mol. The first kappa shape index (κ1) is 12.9. The Morgan fingerprint density at radius 1 is 1.25 bits per heavy atom. The van der Waals surface area contributed by atoms with Crippen molar-refractivity contribution in [2.75, 3.05) is 5.32 Å². The van der Waals surface area contributed by atoms with E-state index in [2.05, 4.69) is 10.3 Å². The summed E-state index contributed by atoms with van der Waals surface area (Å²) in [5.41, 5.74) is 0.350. The van der Waals surface area contributed by atoms with Crippen molar-refractivity contribution < 1.29 is 14.3 Å². The molecule has 1 aromatic carbocycles. The van der Waals surface area contributed by atoms with E-state index in [1.165, 1.54) is 6.39 Å². The summed E-state index contributed by atoms with van der Waals surface area (Å²) in [5.74, 6) is 0.361. The smallest absolute Gasteiger partial charge is 0.256 e. The number of hydrogen-bond acceptors (Lipinski definition) is 4. The van der Waals surface area contributed by atoms with Gasteiger partial charge in [0.25, 0.3) is 5.91 Å². The summed E-state index contributed by atoms with van der Waals surface area (Å²) >= 11 is 0. The van der Waals surface area contributed by atoms with Crippen LogP contribution >= 0.6 is 0 Å². The molecule has 0 radical (unpaired) electrons. The summed E-state index contributed by atoms with van der Waals surface area (Å²) < 4.78 is 5.20. The van der Waals surface area contributed by atoms with Crippen molar-refractivity contribution in [3.63, 3.8) is 0 Å². The largest absolute Gasteiger partial charge is 0.444 e. The summed E-state index contributed by atoms with van der Waals surface area (Å²) in [5, 5.41) is 13.0. The zero-order valence-corrected chi connectivity index (χ0v) is 11.0. The number of aliphatic hydroxyl groups is 1. The van der Waals surface area contributed by atoms with E-state index in [0.717, 1.165) is 18.4 Å². The van der Waals surface area contributed by atoms with Gasteiger partial charge in [-0.25, -0.2) is 4.98 Å². The summed E-state index contributed by atoms with van der Waals surface area (Å²) in [6, 6.07) is 7.26. The first-order chi connectivity index (χ1) is 9.67. The van der Waals surface area contributed by atoms with Crippen LogP contribution in [0.2, 0.25) is 0 Å². The van der Waals surface area contributed by atoms with Crippen molar-refractivity contribution in [1.29, 1.82) is 0 Å². The maximum atomic E-state index is 12.1. The third-order valence-corrected chi connectivity index (χ3v) is 3.71. The Bertz CT molecular complexity index is 584. The highest BCUT2D eigenvalue weighted by molar-refractivity contribution is 5.97. The SMILES string of the molecule is O=C(Nc1ccc(-c2cnco2)cc1)C1(O)CCCC1. The highest BCUT2D eigenvalue weighted by atomic mass is 16.3. The third-order valence-electron chi connectivity index (χ3n) is 3.71. The molecule has 1 fully saturated rings. The van der Waals surface area contributed by atoms with Gasteiger partial charge in [0.1, 0.15) is 5.60 Å². The zero-order chi connectivity index (χ0) is 14.0. The number of carbonyl (C=O) groups is 1. The number of hydrogen-bond donors (Lipinski definition) is 2. The van der Waals surface area contributed by atoms with Gasteiger partial charge >= 0.3 is 0 Å². The standard InChI is InChI=1S/C15H16N2O3/c18-14(15(19)7-1-2-8-15)17-12-5-3-11(4-6-12)13-9-16-10-20-13/h3-6,9-10,19H,1-2,7-8H2,(H,17,18). The second-order valence-corrected chi connectivity index (χ2v) is 5.14. The number of benzene rings is 1. The van der Waals surface area contributed by atoms with Crippen LogP contribution in [0, 0.1) is 0 Å². The molecule has 0 spiro atoms. The van der Waals surface area contributed by atoms with Gasteiger partial charge in [0.15, 0.2) is 12.2 Å². The Balaban J connectivity index is 1.71. The number of anilines is 1. The molecule has 3 rings (SSSR count). The van der Waals surface area contributed by atoms with Crippen LogP contribution in [0.15, 0.2) is 41.3 Å². The van der Waals surface area contributed by atoms with E-state index in [4.69, 9.17) is 4.42 Å². The predicted molar refractivity (Wildman–Crippen MR) is 74.0 cm³/mol. The van der Waals surface area contributed by atoms with E-state index in [1.54, 1.807) is 18.3 Å². The van der Waals surface area contributed by atoms with Crippen LogP contribution in [-0.2, 0) is 4.79 Å². The van der Waals surface area contributed by atoms with Gasteiger partial charge in [0.05, 0.1) is 6.20 Å². The molecule has 0 bridgehead atoms. The first-order valence-electron chi connectivity index (χ1n) is 6.70. The van der Waals surface area contributed by atoms with Crippen LogP contribution < -0.4 is 5.32 Å². The molecule has 5 nitrogen and oxygen atoms in total.